The number of furan rings is 1. The van der Waals surface area contributed by atoms with Crippen molar-refractivity contribution in [2.45, 2.75) is 18.9 Å². The van der Waals surface area contributed by atoms with Gasteiger partial charge in [0.1, 0.15) is 12.4 Å². The average Bonchev–Trinajstić information content (AvgIpc) is 3.33. The minimum Gasteiger partial charge on any atom is -0.490 e. The minimum absolute atomic E-state index is 0.0941. The SMILES string of the molecule is CCOCCOc1ccccc1C(=O)N1CCN(S(=O)(=O)c2ccc(C(=O)OCC)o2)CC1. The van der Waals surface area contributed by atoms with Gasteiger partial charge in [-0.05, 0) is 38.1 Å². The van der Waals surface area contributed by atoms with Gasteiger partial charge in [-0.1, -0.05) is 12.1 Å². The number of para-hydroxylation sites is 1. The number of rotatable bonds is 10. The number of benzene rings is 1. The molecule has 0 atom stereocenters. The Balaban J connectivity index is 1.63. The van der Waals surface area contributed by atoms with Gasteiger partial charge in [-0.3, -0.25) is 4.79 Å². The molecule has 1 amide bonds. The number of carbonyl (C=O) groups excluding carboxylic acids is 2. The van der Waals surface area contributed by atoms with Crippen molar-refractivity contribution in [3.8, 4) is 5.75 Å². The predicted molar refractivity (Wildman–Crippen MR) is 118 cm³/mol. The van der Waals surface area contributed by atoms with Gasteiger partial charge in [-0.2, -0.15) is 4.31 Å². The van der Waals surface area contributed by atoms with Gasteiger partial charge in [0.25, 0.3) is 15.9 Å². The molecule has 180 valence electrons. The molecule has 1 aliphatic heterocycles. The van der Waals surface area contributed by atoms with E-state index >= 15 is 0 Å². The highest BCUT2D eigenvalue weighted by Crippen LogP contribution is 2.24. The second kappa shape index (κ2) is 11.3. The van der Waals surface area contributed by atoms with Crippen LogP contribution in [0.15, 0.2) is 45.9 Å². The fraction of sp³-hybridized carbons (Fsp3) is 0.455. The zero-order chi connectivity index (χ0) is 23.8. The highest BCUT2D eigenvalue weighted by molar-refractivity contribution is 7.89. The molecule has 1 saturated heterocycles. The molecule has 1 aliphatic rings. The number of carbonyl (C=O) groups is 2. The van der Waals surface area contributed by atoms with Crippen LogP contribution in [0.5, 0.6) is 5.75 Å². The summed E-state index contributed by atoms with van der Waals surface area (Å²) in [5, 5.41) is -0.335. The van der Waals surface area contributed by atoms with Crippen LogP contribution in [0.2, 0.25) is 0 Å². The van der Waals surface area contributed by atoms with Gasteiger partial charge in [0.05, 0.1) is 18.8 Å². The van der Waals surface area contributed by atoms with Crippen LogP contribution in [0.25, 0.3) is 0 Å². The van der Waals surface area contributed by atoms with Gasteiger partial charge in [0, 0.05) is 32.8 Å². The van der Waals surface area contributed by atoms with E-state index in [0.29, 0.717) is 31.1 Å². The molecule has 0 N–H and O–H groups in total. The predicted octanol–water partition coefficient (Wildman–Crippen LogP) is 2.02. The molecule has 0 unspecified atom stereocenters. The highest BCUT2D eigenvalue weighted by Gasteiger charge is 2.33. The number of nitrogens with zero attached hydrogens (tertiary/aromatic N) is 2. The number of hydrogen-bond donors (Lipinski definition) is 0. The Morgan fingerprint density at radius 3 is 2.39 bits per heavy atom. The van der Waals surface area contributed by atoms with Crippen LogP contribution in [-0.4, -0.2) is 82.1 Å². The summed E-state index contributed by atoms with van der Waals surface area (Å²) in [6.07, 6.45) is 0. The summed E-state index contributed by atoms with van der Waals surface area (Å²) in [7, 11) is -3.95. The van der Waals surface area contributed by atoms with E-state index < -0.39 is 16.0 Å². The molecule has 1 aromatic heterocycles. The number of hydrogen-bond acceptors (Lipinski definition) is 8. The smallest absolute Gasteiger partial charge is 0.374 e. The van der Waals surface area contributed by atoms with Crippen molar-refractivity contribution in [3.63, 3.8) is 0 Å². The first kappa shape index (κ1) is 24.7. The summed E-state index contributed by atoms with van der Waals surface area (Å²) >= 11 is 0. The van der Waals surface area contributed by atoms with Crippen LogP contribution >= 0.6 is 0 Å². The monoisotopic (exact) mass is 480 g/mol. The molecule has 0 radical (unpaired) electrons. The maximum Gasteiger partial charge on any atom is 0.374 e. The molecule has 0 saturated carbocycles. The number of amides is 1. The normalized spacial score (nSPS) is 14.8. The molecule has 2 aromatic rings. The molecule has 1 aromatic carbocycles. The summed E-state index contributed by atoms with van der Waals surface area (Å²) < 4.78 is 48.0. The van der Waals surface area contributed by atoms with E-state index in [-0.39, 0.29) is 49.5 Å². The van der Waals surface area contributed by atoms with E-state index in [4.69, 9.17) is 18.6 Å². The lowest BCUT2D eigenvalue weighted by molar-refractivity contribution is 0.0483. The number of sulfonamides is 1. The Morgan fingerprint density at radius 1 is 0.970 bits per heavy atom. The molecule has 11 heteroatoms. The Morgan fingerprint density at radius 2 is 1.70 bits per heavy atom. The van der Waals surface area contributed by atoms with E-state index in [1.165, 1.54) is 16.4 Å². The summed E-state index contributed by atoms with van der Waals surface area (Å²) in [6, 6.07) is 9.44. The van der Waals surface area contributed by atoms with Crippen molar-refractivity contribution < 1.29 is 36.6 Å². The van der Waals surface area contributed by atoms with Crippen LogP contribution in [0, 0.1) is 0 Å². The van der Waals surface area contributed by atoms with E-state index in [9.17, 15) is 18.0 Å². The number of ether oxygens (including phenoxy) is 3. The maximum absolute atomic E-state index is 13.1. The van der Waals surface area contributed by atoms with Crippen molar-refractivity contribution >= 4 is 21.9 Å². The zero-order valence-corrected chi connectivity index (χ0v) is 19.5. The quantitative estimate of drug-likeness (QED) is 0.375. The topological polar surface area (TPSA) is 116 Å². The van der Waals surface area contributed by atoms with Crippen molar-refractivity contribution in [2.24, 2.45) is 0 Å². The van der Waals surface area contributed by atoms with Gasteiger partial charge >= 0.3 is 5.97 Å². The van der Waals surface area contributed by atoms with Crippen molar-refractivity contribution in [1.29, 1.82) is 0 Å². The lowest BCUT2D eigenvalue weighted by Crippen LogP contribution is -2.50. The second-order valence-electron chi connectivity index (χ2n) is 7.08. The molecule has 1 fully saturated rings. The Kier molecular flexibility index (Phi) is 8.48. The standard InChI is InChI=1S/C22H28N2O8S/c1-3-29-15-16-31-18-8-6-5-7-17(18)21(25)23-11-13-24(14-12-23)33(27,28)20-10-9-19(32-20)22(26)30-4-2/h5-10H,3-4,11-16H2,1-2H3. The van der Waals surface area contributed by atoms with Crippen molar-refractivity contribution in [3.05, 3.63) is 47.7 Å². The average molecular weight is 481 g/mol. The minimum atomic E-state index is -3.95. The third-order valence-electron chi connectivity index (χ3n) is 4.98. The van der Waals surface area contributed by atoms with Gasteiger partial charge in [0.15, 0.2) is 0 Å². The largest absolute Gasteiger partial charge is 0.490 e. The Bertz CT molecular complexity index is 1060. The van der Waals surface area contributed by atoms with Crippen LogP contribution in [0.3, 0.4) is 0 Å². The maximum atomic E-state index is 13.1. The second-order valence-corrected chi connectivity index (χ2v) is 8.95. The van der Waals surface area contributed by atoms with Crippen LogP contribution < -0.4 is 4.74 Å². The molecule has 3 rings (SSSR count). The highest BCUT2D eigenvalue weighted by atomic mass is 32.2. The number of piperazine rings is 1. The fourth-order valence-electron chi connectivity index (χ4n) is 3.32. The summed E-state index contributed by atoms with van der Waals surface area (Å²) in [5.74, 6) is -0.678. The third-order valence-corrected chi connectivity index (χ3v) is 6.76. The fourth-order valence-corrected chi connectivity index (χ4v) is 4.66. The zero-order valence-electron chi connectivity index (χ0n) is 18.7. The van der Waals surface area contributed by atoms with Gasteiger partial charge in [-0.15, -0.1) is 0 Å². The van der Waals surface area contributed by atoms with E-state index in [0.717, 1.165) is 0 Å². The van der Waals surface area contributed by atoms with Crippen LogP contribution in [0.1, 0.15) is 34.8 Å². The van der Waals surface area contributed by atoms with E-state index in [2.05, 4.69) is 0 Å². The van der Waals surface area contributed by atoms with E-state index in [1.54, 1.807) is 36.1 Å². The molecule has 0 aliphatic carbocycles. The molecule has 10 nitrogen and oxygen atoms in total. The number of esters is 1. The molecular weight excluding hydrogens is 452 g/mol. The lowest BCUT2D eigenvalue weighted by Gasteiger charge is -2.33. The Hall–Kier alpha value is -2.89. The summed E-state index contributed by atoms with van der Waals surface area (Å²) in [5.41, 5.74) is 0.412. The van der Waals surface area contributed by atoms with Crippen molar-refractivity contribution in [1.82, 2.24) is 9.21 Å². The summed E-state index contributed by atoms with van der Waals surface area (Å²) in [4.78, 5) is 26.4. The molecule has 33 heavy (non-hydrogen) atoms. The molecule has 0 bridgehead atoms. The van der Waals surface area contributed by atoms with Gasteiger partial charge in [-0.25, -0.2) is 13.2 Å². The summed E-state index contributed by atoms with van der Waals surface area (Å²) in [6.45, 7) is 5.60. The van der Waals surface area contributed by atoms with Gasteiger partial charge < -0.3 is 23.5 Å². The van der Waals surface area contributed by atoms with Crippen LogP contribution in [-0.2, 0) is 19.5 Å². The van der Waals surface area contributed by atoms with Gasteiger partial charge in [0.2, 0.25) is 10.9 Å². The van der Waals surface area contributed by atoms with E-state index in [1.807, 2.05) is 6.92 Å². The first-order valence-electron chi connectivity index (χ1n) is 10.7. The molecule has 2 heterocycles. The molecule has 0 spiro atoms. The Labute approximate surface area is 193 Å². The van der Waals surface area contributed by atoms with Crippen molar-refractivity contribution in [2.75, 3.05) is 52.6 Å². The first-order valence-corrected chi connectivity index (χ1v) is 12.2. The first-order chi connectivity index (χ1) is 15.9. The third kappa shape index (κ3) is 5.92. The molecular formula is C22H28N2O8S. The lowest BCUT2D eigenvalue weighted by atomic mass is 10.1. The van der Waals surface area contributed by atoms with Crippen LogP contribution in [0.4, 0.5) is 0 Å².